The van der Waals surface area contributed by atoms with E-state index in [0.29, 0.717) is 6.61 Å². The average molecular weight is 170 g/mol. The number of hydrogen-bond acceptors (Lipinski definition) is 6. The van der Waals surface area contributed by atoms with Crippen LogP contribution in [0, 0.1) is 0 Å². The molecule has 5 nitrogen and oxygen atoms in total. The zero-order chi connectivity index (χ0) is 7.68. The Kier molecular flexibility index (Phi) is 1.46. The highest BCUT2D eigenvalue weighted by atomic mass is 32.1. The SMILES string of the molecule is NC1=NC(c2csnn2)CO1. The molecule has 2 rings (SSSR count). The highest BCUT2D eigenvalue weighted by Gasteiger charge is 2.20. The lowest BCUT2D eigenvalue weighted by atomic mass is 10.3. The Bertz CT molecular complexity index is 270. The minimum Gasteiger partial charge on any atom is -0.463 e. The van der Waals surface area contributed by atoms with E-state index in [2.05, 4.69) is 14.6 Å². The van der Waals surface area contributed by atoms with Gasteiger partial charge in [0.25, 0.3) is 6.02 Å². The van der Waals surface area contributed by atoms with Crippen LogP contribution in [0.5, 0.6) is 0 Å². The highest BCUT2D eigenvalue weighted by Crippen LogP contribution is 2.19. The number of aliphatic imine (C=N–C) groups is 1. The van der Waals surface area contributed by atoms with Crippen molar-refractivity contribution in [3.05, 3.63) is 11.1 Å². The topological polar surface area (TPSA) is 73.4 Å². The van der Waals surface area contributed by atoms with Crippen LogP contribution in [0.25, 0.3) is 0 Å². The van der Waals surface area contributed by atoms with Crippen molar-refractivity contribution in [2.24, 2.45) is 10.7 Å². The zero-order valence-electron chi connectivity index (χ0n) is 5.60. The average Bonchev–Trinajstić information content (AvgIpc) is 2.55. The first-order valence-corrected chi connectivity index (χ1v) is 3.93. The molecule has 2 N–H and O–H groups in total. The molecule has 0 radical (unpaired) electrons. The van der Waals surface area contributed by atoms with E-state index in [9.17, 15) is 0 Å². The first kappa shape index (κ1) is 6.53. The fourth-order valence-electron chi connectivity index (χ4n) is 0.861. The molecule has 0 spiro atoms. The van der Waals surface area contributed by atoms with Crippen molar-refractivity contribution in [1.29, 1.82) is 0 Å². The first-order valence-electron chi connectivity index (χ1n) is 3.09. The van der Waals surface area contributed by atoms with Crippen molar-refractivity contribution in [3.63, 3.8) is 0 Å². The second kappa shape index (κ2) is 2.46. The maximum absolute atomic E-state index is 5.31. The summed E-state index contributed by atoms with van der Waals surface area (Å²) < 4.78 is 8.67. The van der Waals surface area contributed by atoms with Crippen molar-refractivity contribution in [1.82, 2.24) is 9.59 Å². The lowest BCUT2D eigenvalue weighted by Crippen LogP contribution is -2.10. The standard InChI is InChI=1S/C5H6N4OS/c6-5-7-3(1-10-5)4-2-11-9-8-4/h2-3H,1H2,(H2,6,7). The molecule has 1 atom stereocenters. The zero-order valence-corrected chi connectivity index (χ0v) is 6.41. The Balaban J connectivity index is 2.20. The minimum atomic E-state index is -0.0475. The second-order valence-corrected chi connectivity index (χ2v) is 2.73. The van der Waals surface area contributed by atoms with Gasteiger partial charge in [0.1, 0.15) is 18.3 Å². The maximum Gasteiger partial charge on any atom is 0.282 e. The quantitative estimate of drug-likeness (QED) is 0.640. The van der Waals surface area contributed by atoms with E-state index in [0.717, 1.165) is 5.69 Å². The lowest BCUT2D eigenvalue weighted by Gasteiger charge is -1.96. The molecule has 0 amide bonds. The number of nitrogens with zero attached hydrogens (tertiary/aromatic N) is 3. The van der Waals surface area contributed by atoms with E-state index in [1.807, 2.05) is 5.38 Å². The van der Waals surface area contributed by atoms with E-state index >= 15 is 0 Å². The lowest BCUT2D eigenvalue weighted by molar-refractivity contribution is 0.313. The monoisotopic (exact) mass is 170 g/mol. The van der Waals surface area contributed by atoms with Crippen LogP contribution in [0.15, 0.2) is 10.4 Å². The van der Waals surface area contributed by atoms with Crippen LogP contribution >= 0.6 is 11.5 Å². The Hall–Kier alpha value is -1.17. The van der Waals surface area contributed by atoms with Crippen molar-refractivity contribution >= 4 is 17.6 Å². The summed E-state index contributed by atoms with van der Waals surface area (Å²) in [6.07, 6.45) is 0. The molecule has 1 aromatic heterocycles. The van der Waals surface area contributed by atoms with E-state index < -0.39 is 0 Å². The van der Waals surface area contributed by atoms with Gasteiger partial charge in [-0.2, -0.15) is 0 Å². The van der Waals surface area contributed by atoms with Crippen LogP contribution in [-0.4, -0.2) is 22.2 Å². The van der Waals surface area contributed by atoms with Gasteiger partial charge in [-0.3, -0.25) is 0 Å². The first-order chi connectivity index (χ1) is 5.36. The largest absolute Gasteiger partial charge is 0.463 e. The van der Waals surface area contributed by atoms with Gasteiger partial charge in [-0.1, -0.05) is 4.49 Å². The predicted octanol–water partition coefficient (Wildman–Crippen LogP) is -0.0759. The van der Waals surface area contributed by atoms with E-state index in [1.54, 1.807) is 0 Å². The normalized spacial score (nSPS) is 22.9. The number of hydrogen-bond donors (Lipinski definition) is 1. The Morgan fingerprint density at radius 1 is 1.73 bits per heavy atom. The summed E-state index contributed by atoms with van der Waals surface area (Å²) in [6.45, 7) is 0.483. The van der Waals surface area contributed by atoms with Gasteiger partial charge in [-0.05, 0) is 11.5 Å². The van der Waals surface area contributed by atoms with Crippen LogP contribution in [0.2, 0.25) is 0 Å². The number of rotatable bonds is 1. The fraction of sp³-hybridized carbons (Fsp3) is 0.400. The summed E-state index contributed by atoms with van der Waals surface area (Å²) in [6, 6.07) is 0.191. The van der Waals surface area contributed by atoms with Crippen LogP contribution in [0.1, 0.15) is 11.7 Å². The molecule has 6 heteroatoms. The van der Waals surface area contributed by atoms with Gasteiger partial charge >= 0.3 is 0 Å². The van der Waals surface area contributed by atoms with Gasteiger partial charge in [0.05, 0.1) is 0 Å². The van der Waals surface area contributed by atoms with Gasteiger partial charge in [0.15, 0.2) is 0 Å². The number of nitrogens with two attached hydrogens (primary N) is 1. The van der Waals surface area contributed by atoms with E-state index in [1.165, 1.54) is 11.5 Å². The van der Waals surface area contributed by atoms with E-state index in [4.69, 9.17) is 10.5 Å². The molecule has 2 heterocycles. The molecule has 1 unspecified atom stereocenters. The van der Waals surface area contributed by atoms with Gasteiger partial charge in [0.2, 0.25) is 0 Å². The molecule has 58 valence electrons. The molecule has 1 aliphatic heterocycles. The Labute approximate surface area is 67.1 Å². The van der Waals surface area contributed by atoms with Crippen LogP contribution in [-0.2, 0) is 4.74 Å². The summed E-state index contributed by atoms with van der Waals surface area (Å²) in [5, 5.41) is 5.70. The number of amidine groups is 1. The Morgan fingerprint density at radius 2 is 2.64 bits per heavy atom. The van der Waals surface area contributed by atoms with Crippen molar-refractivity contribution in [2.75, 3.05) is 6.61 Å². The molecule has 0 aliphatic carbocycles. The van der Waals surface area contributed by atoms with Crippen molar-refractivity contribution < 1.29 is 4.74 Å². The molecule has 0 bridgehead atoms. The van der Waals surface area contributed by atoms with Gasteiger partial charge in [0, 0.05) is 5.38 Å². The summed E-state index contributed by atoms with van der Waals surface area (Å²) in [5.41, 5.74) is 6.14. The van der Waals surface area contributed by atoms with Crippen LogP contribution < -0.4 is 5.73 Å². The smallest absolute Gasteiger partial charge is 0.282 e. The molecule has 0 saturated carbocycles. The molecule has 11 heavy (non-hydrogen) atoms. The van der Waals surface area contributed by atoms with Crippen LogP contribution in [0.4, 0.5) is 0 Å². The number of aromatic nitrogens is 2. The minimum absolute atomic E-state index is 0.0475. The van der Waals surface area contributed by atoms with E-state index in [-0.39, 0.29) is 12.1 Å². The fourth-order valence-corrected chi connectivity index (χ4v) is 1.36. The summed E-state index contributed by atoms with van der Waals surface area (Å²) in [5.74, 6) is 0. The third-order valence-electron chi connectivity index (χ3n) is 1.39. The second-order valence-electron chi connectivity index (χ2n) is 2.12. The summed E-state index contributed by atoms with van der Waals surface area (Å²) in [4.78, 5) is 4.01. The summed E-state index contributed by atoms with van der Waals surface area (Å²) in [7, 11) is 0. The molecular weight excluding hydrogens is 164 g/mol. The molecule has 0 fully saturated rings. The van der Waals surface area contributed by atoms with Gasteiger partial charge < -0.3 is 10.5 Å². The molecular formula is C5H6N4OS. The van der Waals surface area contributed by atoms with Crippen LogP contribution in [0.3, 0.4) is 0 Å². The Morgan fingerprint density at radius 3 is 3.18 bits per heavy atom. The molecule has 0 saturated heterocycles. The number of ether oxygens (including phenoxy) is 1. The molecule has 1 aromatic rings. The predicted molar refractivity (Wildman–Crippen MR) is 40.2 cm³/mol. The highest BCUT2D eigenvalue weighted by molar-refractivity contribution is 7.03. The maximum atomic E-state index is 5.31. The van der Waals surface area contributed by atoms with Gasteiger partial charge in [-0.25, -0.2) is 4.99 Å². The third-order valence-corrected chi connectivity index (χ3v) is 1.91. The van der Waals surface area contributed by atoms with Crippen molar-refractivity contribution in [3.8, 4) is 0 Å². The van der Waals surface area contributed by atoms with Gasteiger partial charge in [-0.15, -0.1) is 5.10 Å². The molecule has 0 aromatic carbocycles. The summed E-state index contributed by atoms with van der Waals surface area (Å²) >= 11 is 1.30. The van der Waals surface area contributed by atoms with Crippen molar-refractivity contribution in [2.45, 2.75) is 6.04 Å². The molecule has 1 aliphatic rings. The third kappa shape index (κ3) is 1.16.